The number of nitrogens with zero attached hydrogens (tertiary/aromatic N) is 1. The summed E-state index contributed by atoms with van der Waals surface area (Å²) in [6.45, 7) is 0.500. The van der Waals surface area contributed by atoms with Crippen LogP contribution in [-0.4, -0.2) is 35.5 Å². The molecule has 2 fully saturated rings. The molecule has 0 saturated heterocycles. The van der Waals surface area contributed by atoms with E-state index in [1.807, 2.05) is 12.1 Å². The lowest BCUT2D eigenvalue weighted by Crippen LogP contribution is -2.29. The van der Waals surface area contributed by atoms with Gasteiger partial charge in [-0.1, -0.05) is 12.1 Å². The van der Waals surface area contributed by atoms with Crippen LogP contribution in [0.2, 0.25) is 0 Å². The third-order valence-electron chi connectivity index (χ3n) is 6.98. The number of nitriles is 1. The number of amides is 2. The molecule has 8 heteroatoms. The van der Waals surface area contributed by atoms with Crippen LogP contribution in [0.1, 0.15) is 52.7 Å². The fourth-order valence-electron chi connectivity index (χ4n) is 4.83. The van der Waals surface area contributed by atoms with Crippen LogP contribution >= 0.6 is 0 Å². The van der Waals surface area contributed by atoms with Crippen molar-refractivity contribution >= 4 is 23.5 Å². The number of hydrogen-bond acceptors (Lipinski definition) is 5. The number of aliphatic carboxylic acids is 1. The summed E-state index contributed by atoms with van der Waals surface area (Å²) in [5.41, 5.74) is 2.69. The number of carboxylic acid groups (broad SMARTS) is 1. The molecule has 35 heavy (non-hydrogen) atoms. The van der Waals surface area contributed by atoms with Gasteiger partial charge in [0.2, 0.25) is 5.91 Å². The number of benzene rings is 2. The van der Waals surface area contributed by atoms with Gasteiger partial charge in [-0.3, -0.25) is 9.59 Å². The van der Waals surface area contributed by atoms with Gasteiger partial charge in [0.1, 0.15) is 5.75 Å². The summed E-state index contributed by atoms with van der Waals surface area (Å²) >= 11 is 0. The molecule has 1 spiro atoms. The molecule has 2 saturated carbocycles. The zero-order valence-corrected chi connectivity index (χ0v) is 19.0. The Labute approximate surface area is 202 Å². The van der Waals surface area contributed by atoms with Gasteiger partial charge in [-0.25, -0.2) is 4.79 Å². The monoisotopic (exact) mass is 471 g/mol. The predicted molar refractivity (Wildman–Crippen MR) is 127 cm³/mol. The fraction of sp³-hybridized carbons (Fsp3) is 0.333. The van der Waals surface area contributed by atoms with Gasteiger partial charge >= 0.3 is 5.97 Å². The molecule has 0 bridgehead atoms. The first-order valence-electron chi connectivity index (χ1n) is 11.7. The molecule has 178 valence electrons. The van der Waals surface area contributed by atoms with Crippen LogP contribution < -0.4 is 15.4 Å². The number of ether oxygens (including phenoxy) is 1. The van der Waals surface area contributed by atoms with Crippen LogP contribution in [0.4, 0.5) is 5.69 Å². The van der Waals surface area contributed by atoms with E-state index in [4.69, 9.17) is 9.84 Å². The Morgan fingerprint density at radius 1 is 1.20 bits per heavy atom. The molecule has 2 aromatic rings. The molecule has 2 atom stereocenters. The molecule has 1 heterocycles. The number of carboxylic acids is 1. The summed E-state index contributed by atoms with van der Waals surface area (Å²) in [6, 6.07) is 12.7. The lowest BCUT2D eigenvalue weighted by atomic mass is 9.86. The third kappa shape index (κ3) is 4.62. The lowest BCUT2D eigenvalue weighted by molar-refractivity contribution is -0.131. The Morgan fingerprint density at radius 2 is 2.03 bits per heavy atom. The molecule has 0 unspecified atom stereocenters. The molecular weight excluding hydrogens is 446 g/mol. The Balaban J connectivity index is 1.37. The summed E-state index contributed by atoms with van der Waals surface area (Å²) < 4.78 is 5.83. The number of allylic oxidation sites excluding steroid dienone is 1. The van der Waals surface area contributed by atoms with Crippen molar-refractivity contribution < 1.29 is 24.2 Å². The average molecular weight is 472 g/mol. The van der Waals surface area contributed by atoms with Crippen LogP contribution in [0.3, 0.4) is 0 Å². The minimum absolute atomic E-state index is 0.106. The van der Waals surface area contributed by atoms with Crippen molar-refractivity contribution in [3.63, 3.8) is 0 Å². The van der Waals surface area contributed by atoms with E-state index in [2.05, 4.69) is 16.7 Å². The molecule has 3 aliphatic rings. The molecule has 2 aromatic carbocycles. The van der Waals surface area contributed by atoms with E-state index < -0.39 is 5.97 Å². The minimum atomic E-state index is -1.05. The van der Waals surface area contributed by atoms with Gasteiger partial charge in [0.15, 0.2) is 0 Å². The van der Waals surface area contributed by atoms with Crippen LogP contribution in [0.25, 0.3) is 0 Å². The fourth-order valence-corrected chi connectivity index (χ4v) is 4.83. The topological polar surface area (TPSA) is 129 Å². The number of carbonyl (C=O) groups excluding carboxylic acids is 2. The van der Waals surface area contributed by atoms with Gasteiger partial charge < -0.3 is 20.5 Å². The van der Waals surface area contributed by atoms with E-state index in [1.54, 1.807) is 24.3 Å². The van der Waals surface area contributed by atoms with Crippen molar-refractivity contribution in [3.05, 3.63) is 70.8 Å². The van der Waals surface area contributed by atoms with Crippen molar-refractivity contribution in [1.82, 2.24) is 5.32 Å². The van der Waals surface area contributed by atoms with Crippen molar-refractivity contribution in [2.45, 2.75) is 43.6 Å². The molecule has 3 N–H and O–H groups in total. The van der Waals surface area contributed by atoms with Crippen LogP contribution in [0.5, 0.6) is 5.75 Å². The Hall–Kier alpha value is -4.12. The van der Waals surface area contributed by atoms with Crippen LogP contribution in [-0.2, 0) is 21.4 Å². The molecule has 0 aromatic heterocycles. The second-order valence-corrected chi connectivity index (χ2v) is 9.39. The quantitative estimate of drug-likeness (QED) is 0.532. The molecule has 0 radical (unpaired) electrons. The summed E-state index contributed by atoms with van der Waals surface area (Å²) in [6.07, 6.45) is 6.20. The van der Waals surface area contributed by atoms with Gasteiger partial charge in [0, 0.05) is 40.3 Å². The molecule has 1 aliphatic heterocycles. The van der Waals surface area contributed by atoms with E-state index in [1.165, 1.54) is 6.08 Å². The summed E-state index contributed by atoms with van der Waals surface area (Å²) in [4.78, 5) is 36.7. The second-order valence-electron chi connectivity index (χ2n) is 9.39. The largest absolute Gasteiger partial charge is 0.493 e. The number of rotatable bonds is 7. The third-order valence-corrected chi connectivity index (χ3v) is 6.98. The second kappa shape index (κ2) is 8.91. The molecule has 2 amide bonds. The zero-order chi connectivity index (χ0) is 24.6. The lowest BCUT2D eigenvalue weighted by Gasteiger charge is -2.27. The molecular formula is C27H25N3O5. The van der Waals surface area contributed by atoms with E-state index in [9.17, 15) is 19.6 Å². The highest BCUT2D eigenvalue weighted by molar-refractivity contribution is 5.98. The van der Waals surface area contributed by atoms with Crippen molar-refractivity contribution in [1.29, 1.82) is 5.26 Å². The van der Waals surface area contributed by atoms with Crippen molar-refractivity contribution in [3.8, 4) is 11.8 Å². The number of hydrogen-bond donors (Lipinski definition) is 3. The average Bonchev–Trinajstić information content (AvgIpc) is 3.77. The Morgan fingerprint density at radius 3 is 2.77 bits per heavy atom. The molecule has 8 nitrogen and oxygen atoms in total. The number of anilines is 1. The van der Waals surface area contributed by atoms with E-state index >= 15 is 0 Å². The van der Waals surface area contributed by atoms with Gasteiger partial charge in [0.25, 0.3) is 5.91 Å². The number of nitrogens with one attached hydrogen (secondary N) is 2. The standard InChI is InChI=1S/C27H25N3O5/c28-15-16-4-5-17(2-1-3-24(31)32)22(12-16)30-26(34)21-14-27(21)10-11-35-23-9-6-18(13-20(23)27)25(33)29-19-7-8-19/h1,3-6,9,12-13,19,21H,2,7-8,10-11,14H2,(H,29,33)(H,30,34)(H,31,32)/t21-,27-/m0/s1. The van der Waals surface area contributed by atoms with Crippen molar-refractivity contribution in [2.75, 3.05) is 11.9 Å². The van der Waals surface area contributed by atoms with Gasteiger partial charge in [0.05, 0.1) is 18.2 Å². The first-order valence-corrected chi connectivity index (χ1v) is 11.7. The summed E-state index contributed by atoms with van der Waals surface area (Å²) in [5.74, 6) is -0.901. The highest BCUT2D eigenvalue weighted by Gasteiger charge is 2.61. The SMILES string of the molecule is N#Cc1ccc(CC=CC(=O)O)c(NC(=O)[C@@H]2C[C@]23CCOc2ccc(C(=O)NC4CC4)cc23)c1. The minimum Gasteiger partial charge on any atom is -0.493 e. The van der Waals surface area contributed by atoms with Crippen LogP contribution in [0.15, 0.2) is 48.6 Å². The summed E-state index contributed by atoms with van der Waals surface area (Å²) in [5, 5.41) is 24.1. The molecule has 2 aliphatic carbocycles. The smallest absolute Gasteiger partial charge is 0.327 e. The van der Waals surface area contributed by atoms with E-state index in [-0.39, 0.29) is 29.2 Å². The normalized spacial score (nSPS) is 22.1. The van der Waals surface area contributed by atoms with Gasteiger partial charge in [-0.2, -0.15) is 5.26 Å². The van der Waals surface area contributed by atoms with Crippen molar-refractivity contribution in [2.24, 2.45) is 5.92 Å². The van der Waals surface area contributed by atoms with Crippen LogP contribution in [0, 0.1) is 17.2 Å². The maximum absolute atomic E-state index is 13.3. The number of fused-ring (bicyclic) bond motifs is 2. The summed E-state index contributed by atoms with van der Waals surface area (Å²) in [7, 11) is 0. The molecule has 5 rings (SSSR count). The first kappa shape index (κ1) is 22.7. The highest BCUT2D eigenvalue weighted by Crippen LogP contribution is 2.61. The van der Waals surface area contributed by atoms with Gasteiger partial charge in [-0.05, 0) is 68.0 Å². The van der Waals surface area contributed by atoms with Gasteiger partial charge in [-0.15, -0.1) is 0 Å². The predicted octanol–water partition coefficient (Wildman–Crippen LogP) is 3.31. The Kier molecular flexibility index (Phi) is 5.77. The maximum atomic E-state index is 13.3. The Bertz CT molecular complexity index is 1290. The number of carbonyl (C=O) groups is 3. The zero-order valence-electron chi connectivity index (χ0n) is 19.0. The van der Waals surface area contributed by atoms with E-state index in [0.717, 1.165) is 30.0 Å². The highest BCUT2D eigenvalue weighted by atomic mass is 16.5. The first-order chi connectivity index (χ1) is 16.9. The van der Waals surface area contributed by atoms with E-state index in [0.29, 0.717) is 48.4 Å². The maximum Gasteiger partial charge on any atom is 0.327 e.